The summed E-state index contributed by atoms with van der Waals surface area (Å²) in [7, 11) is 0. The lowest BCUT2D eigenvalue weighted by atomic mass is 10.0. The molecule has 0 radical (unpaired) electrons. The topological polar surface area (TPSA) is 49.3 Å². The summed E-state index contributed by atoms with van der Waals surface area (Å²) >= 11 is 7.38. The highest BCUT2D eigenvalue weighted by atomic mass is 35.5. The Hall–Kier alpha value is -0.870. The van der Waals surface area contributed by atoms with Gasteiger partial charge in [-0.1, -0.05) is 11.6 Å². The van der Waals surface area contributed by atoms with Crippen LogP contribution in [0.1, 0.15) is 19.8 Å². The zero-order valence-corrected chi connectivity index (χ0v) is 11.1. The number of benzene rings is 1. The van der Waals surface area contributed by atoms with Crippen molar-refractivity contribution in [2.45, 2.75) is 24.5 Å². The summed E-state index contributed by atoms with van der Waals surface area (Å²) in [6.07, 6.45) is 1.96. The normalized spacial score (nSPS) is 23.6. The van der Waals surface area contributed by atoms with Crippen molar-refractivity contribution in [3.63, 3.8) is 0 Å². The van der Waals surface area contributed by atoms with Crippen LogP contribution in [0.2, 0.25) is 5.02 Å². The van der Waals surface area contributed by atoms with E-state index in [-0.39, 0.29) is 21.4 Å². The molecule has 0 bridgehead atoms. The van der Waals surface area contributed by atoms with Gasteiger partial charge in [0.1, 0.15) is 5.75 Å². The van der Waals surface area contributed by atoms with Gasteiger partial charge in [0.2, 0.25) is 5.91 Å². The largest absolute Gasteiger partial charge is 0.506 e. The molecule has 1 aromatic carbocycles. The van der Waals surface area contributed by atoms with Crippen molar-refractivity contribution < 1.29 is 9.90 Å². The average Bonchev–Trinajstić information content (AvgIpc) is 2.72. The third-order valence-electron chi connectivity index (χ3n) is 2.90. The van der Waals surface area contributed by atoms with E-state index in [4.69, 9.17) is 11.6 Å². The minimum atomic E-state index is -0.352. The summed E-state index contributed by atoms with van der Waals surface area (Å²) in [6.45, 7) is 1.95. The fourth-order valence-electron chi connectivity index (χ4n) is 1.81. The number of phenols is 1. The molecule has 17 heavy (non-hydrogen) atoms. The van der Waals surface area contributed by atoms with E-state index in [0.29, 0.717) is 5.69 Å². The van der Waals surface area contributed by atoms with Gasteiger partial charge in [-0.05, 0) is 37.7 Å². The van der Waals surface area contributed by atoms with E-state index in [1.165, 1.54) is 6.07 Å². The smallest absolute Gasteiger partial charge is 0.240 e. The number of halogens is 1. The number of rotatable bonds is 2. The van der Waals surface area contributed by atoms with Crippen LogP contribution in [-0.2, 0) is 4.79 Å². The Balaban J connectivity index is 2.10. The molecule has 1 fully saturated rings. The predicted molar refractivity (Wildman–Crippen MR) is 71.8 cm³/mol. The molecule has 2 rings (SSSR count). The molecule has 1 aromatic rings. The van der Waals surface area contributed by atoms with Crippen molar-refractivity contribution in [2.75, 3.05) is 11.1 Å². The summed E-state index contributed by atoms with van der Waals surface area (Å²) in [5.41, 5.74) is 0.575. The zero-order valence-electron chi connectivity index (χ0n) is 9.50. The number of thioether (sulfide) groups is 1. The van der Waals surface area contributed by atoms with E-state index >= 15 is 0 Å². The first kappa shape index (κ1) is 12.6. The van der Waals surface area contributed by atoms with Crippen LogP contribution in [0.3, 0.4) is 0 Å². The van der Waals surface area contributed by atoms with Crippen molar-refractivity contribution in [1.29, 1.82) is 0 Å². The lowest BCUT2D eigenvalue weighted by Gasteiger charge is -2.21. The van der Waals surface area contributed by atoms with Gasteiger partial charge in [0.05, 0.1) is 9.77 Å². The fourth-order valence-corrected chi connectivity index (χ4v) is 3.14. The quantitative estimate of drug-likeness (QED) is 0.868. The van der Waals surface area contributed by atoms with Gasteiger partial charge >= 0.3 is 0 Å². The van der Waals surface area contributed by atoms with Gasteiger partial charge in [-0.15, -0.1) is 11.8 Å². The number of aromatic hydroxyl groups is 1. The van der Waals surface area contributed by atoms with Crippen LogP contribution in [0.25, 0.3) is 0 Å². The lowest BCUT2D eigenvalue weighted by molar-refractivity contribution is -0.118. The second-order valence-electron chi connectivity index (χ2n) is 4.30. The van der Waals surface area contributed by atoms with Gasteiger partial charge in [-0.3, -0.25) is 4.79 Å². The number of hydrogen-bond acceptors (Lipinski definition) is 3. The Bertz CT molecular complexity index is 444. The molecule has 1 aliphatic heterocycles. The fraction of sp³-hybridized carbons (Fsp3) is 0.417. The third-order valence-corrected chi connectivity index (χ3v) is 4.74. The van der Waals surface area contributed by atoms with Gasteiger partial charge in [-0.2, -0.15) is 0 Å². The van der Waals surface area contributed by atoms with Crippen LogP contribution in [0, 0.1) is 0 Å². The Morgan fingerprint density at radius 3 is 2.94 bits per heavy atom. The minimum absolute atomic E-state index is 0.0123. The number of nitrogens with one attached hydrogen (secondary N) is 1. The molecule has 1 atom stereocenters. The Morgan fingerprint density at radius 2 is 2.35 bits per heavy atom. The average molecular weight is 272 g/mol. The van der Waals surface area contributed by atoms with E-state index in [0.717, 1.165) is 18.6 Å². The van der Waals surface area contributed by atoms with Crippen LogP contribution < -0.4 is 5.32 Å². The number of anilines is 1. The summed E-state index contributed by atoms with van der Waals surface area (Å²) in [4.78, 5) is 12.1. The summed E-state index contributed by atoms with van der Waals surface area (Å²) < 4.78 is -0.352. The van der Waals surface area contributed by atoms with Crippen molar-refractivity contribution >= 4 is 35.0 Å². The molecule has 0 saturated carbocycles. The highest BCUT2D eigenvalue weighted by Crippen LogP contribution is 2.38. The minimum Gasteiger partial charge on any atom is -0.506 e. The number of carbonyl (C=O) groups excluding carboxylic acids is 1. The number of hydrogen-bond donors (Lipinski definition) is 2. The predicted octanol–water partition coefficient (Wildman–Crippen LogP) is 3.27. The maximum atomic E-state index is 12.1. The highest BCUT2D eigenvalue weighted by Gasteiger charge is 2.37. The standard InChI is InChI=1S/C12H14ClNO2S/c1-12(5-2-6-17-12)11(16)14-8-3-4-9(13)10(15)7-8/h3-4,7,15H,2,5-6H2,1H3,(H,14,16). The number of carbonyl (C=O) groups is 1. The van der Waals surface area contributed by atoms with Gasteiger partial charge < -0.3 is 10.4 Å². The van der Waals surface area contributed by atoms with Crippen LogP contribution in [-0.4, -0.2) is 21.5 Å². The second kappa shape index (κ2) is 4.78. The molecule has 3 nitrogen and oxygen atoms in total. The molecule has 92 valence electrons. The summed E-state index contributed by atoms with van der Waals surface area (Å²) in [5, 5.41) is 12.5. The van der Waals surface area contributed by atoms with Gasteiger partial charge in [0.25, 0.3) is 0 Å². The Kier molecular flexibility index (Phi) is 3.54. The van der Waals surface area contributed by atoms with Crippen LogP contribution in [0.4, 0.5) is 5.69 Å². The number of phenolic OH excluding ortho intramolecular Hbond substituents is 1. The number of amides is 1. The first-order chi connectivity index (χ1) is 8.01. The third kappa shape index (κ3) is 2.69. The van der Waals surface area contributed by atoms with E-state index < -0.39 is 0 Å². The molecular weight excluding hydrogens is 258 g/mol. The van der Waals surface area contributed by atoms with E-state index in [2.05, 4.69) is 5.32 Å². The van der Waals surface area contributed by atoms with Crippen molar-refractivity contribution in [2.24, 2.45) is 0 Å². The second-order valence-corrected chi connectivity index (χ2v) is 6.31. The molecule has 1 amide bonds. The maximum absolute atomic E-state index is 12.1. The van der Waals surface area contributed by atoms with Crippen molar-refractivity contribution in [3.05, 3.63) is 23.2 Å². The first-order valence-electron chi connectivity index (χ1n) is 5.45. The molecule has 0 spiro atoms. The van der Waals surface area contributed by atoms with Crippen LogP contribution >= 0.6 is 23.4 Å². The van der Waals surface area contributed by atoms with Gasteiger partial charge in [0, 0.05) is 11.8 Å². The maximum Gasteiger partial charge on any atom is 0.240 e. The first-order valence-corrected chi connectivity index (χ1v) is 6.81. The van der Waals surface area contributed by atoms with E-state index in [1.54, 1.807) is 23.9 Å². The molecule has 2 N–H and O–H groups in total. The molecule has 5 heteroatoms. The molecule has 1 unspecified atom stereocenters. The van der Waals surface area contributed by atoms with Gasteiger partial charge in [-0.25, -0.2) is 0 Å². The SMILES string of the molecule is CC1(C(=O)Nc2ccc(Cl)c(O)c2)CCCS1. The van der Waals surface area contributed by atoms with Crippen LogP contribution in [0.5, 0.6) is 5.75 Å². The molecule has 1 heterocycles. The molecule has 0 aliphatic carbocycles. The highest BCUT2D eigenvalue weighted by molar-refractivity contribution is 8.01. The van der Waals surface area contributed by atoms with Crippen molar-refractivity contribution in [3.8, 4) is 5.75 Å². The van der Waals surface area contributed by atoms with Gasteiger partial charge in [0.15, 0.2) is 0 Å². The molecular formula is C12H14ClNO2S. The van der Waals surface area contributed by atoms with Crippen LogP contribution in [0.15, 0.2) is 18.2 Å². The molecule has 1 aliphatic rings. The Morgan fingerprint density at radius 1 is 1.59 bits per heavy atom. The lowest BCUT2D eigenvalue weighted by Crippen LogP contribution is -2.34. The summed E-state index contributed by atoms with van der Waals surface area (Å²) in [6, 6.07) is 4.71. The molecule has 0 aromatic heterocycles. The van der Waals surface area contributed by atoms with E-state index in [1.807, 2.05) is 6.92 Å². The summed E-state index contributed by atoms with van der Waals surface area (Å²) in [5.74, 6) is 0.992. The Labute approximate surface area is 110 Å². The van der Waals surface area contributed by atoms with Crippen molar-refractivity contribution in [1.82, 2.24) is 0 Å². The zero-order chi connectivity index (χ0) is 12.5. The molecule has 1 saturated heterocycles. The monoisotopic (exact) mass is 271 g/mol. The van der Waals surface area contributed by atoms with E-state index in [9.17, 15) is 9.90 Å².